The number of nitrogens with one attached hydrogen (secondary N) is 4. The normalized spacial score (nSPS) is 21.8. The molecule has 0 spiro atoms. The Bertz CT molecular complexity index is 3030. The number of methoxy groups -OCH3 is 2. The molecule has 70 heavy (non-hydrogen) atoms. The molecule has 7 heterocycles. The molecule has 3 fully saturated rings. The van der Waals surface area contributed by atoms with Gasteiger partial charge in [-0.3, -0.25) is 9.59 Å². The Hall–Kier alpha value is -7.30. The lowest BCUT2D eigenvalue weighted by Gasteiger charge is -2.31. The van der Waals surface area contributed by atoms with Gasteiger partial charge in [0.05, 0.1) is 67.9 Å². The van der Waals surface area contributed by atoms with Crippen LogP contribution in [0.3, 0.4) is 0 Å². The van der Waals surface area contributed by atoms with Crippen molar-refractivity contribution < 1.29 is 38.1 Å². The van der Waals surface area contributed by atoms with Gasteiger partial charge in [-0.15, -0.1) is 0 Å². The van der Waals surface area contributed by atoms with E-state index in [9.17, 15) is 19.2 Å². The van der Waals surface area contributed by atoms with E-state index < -0.39 is 30.5 Å². The molecule has 0 bridgehead atoms. The maximum atomic E-state index is 14.1. The molecule has 1 saturated carbocycles. The van der Waals surface area contributed by atoms with E-state index in [0.717, 1.165) is 100 Å². The zero-order valence-corrected chi connectivity index (χ0v) is 40.3. The van der Waals surface area contributed by atoms with Gasteiger partial charge >= 0.3 is 12.2 Å². The molecule has 4 N–H and O–H groups in total. The third kappa shape index (κ3) is 7.98. The molecule has 5 aliphatic rings. The molecule has 3 aromatic carbocycles. The summed E-state index contributed by atoms with van der Waals surface area (Å²) in [5, 5.41) is 6.51. The van der Waals surface area contributed by atoms with Gasteiger partial charge in [-0.1, -0.05) is 52.0 Å². The van der Waals surface area contributed by atoms with Crippen LogP contribution in [0, 0.1) is 17.8 Å². The molecule has 1 unspecified atom stereocenters. The van der Waals surface area contributed by atoms with Crippen LogP contribution in [-0.4, -0.2) is 104 Å². The first-order valence-corrected chi connectivity index (χ1v) is 24.5. The van der Waals surface area contributed by atoms with Crippen LogP contribution in [-0.2, 0) is 25.5 Å². The fourth-order valence-electron chi connectivity index (χ4n) is 11.1. The number of hydrogen-bond donors (Lipinski definition) is 4. The van der Waals surface area contributed by atoms with E-state index in [1.165, 1.54) is 19.8 Å². The van der Waals surface area contributed by atoms with E-state index >= 15 is 0 Å². The highest BCUT2D eigenvalue weighted by atomic mass is 16.5. The highest BCUT2D eigenvalue weighted by Gasteiger charge is 2.56. The Morgan fingerprint density at radius 3 is 2.16 bits per heavy atom. The van der Waals surface area contributed by atoms with Crippen molar-refractivity contribution in [1.29, 1.82) is 0 Å². The molecule has 3 aromatic heterocycles. The maximum Gasteiger partial charge on any atom is 0.407 e. The van der Waals surface area contributed by atoms with Crippen LogP contribution in [0.4, 0.5) is 9.59 Å². The summed E-state index contributed by atoms with van der Waals surface area (Å²) in [6.45, 7) is 8.89. The van der Waals surface area contributed by atoms with Crippen molar-refractivity contribution in [3.05, 3.63) is 95.8 Å². The Morgan fingerprint density at radius 2 is 1.44 bits per heavy atom. The Kier molecular flexibility index (Phi) is 11.5. The molecule has 17 nitrogen and oxygen atoms in total. The van der Waals surface area contributed by atoms with Gasteiger partial charge in [-0.25, -0.2) is 19.6 Å². The van der Waals surface area contributed by atoms with Crippen LogP contribution < -0.4 is 20.1 Å². The minimum Gasteiger partial charge on any atom is -0.493 e. The molecule has 364 valence electrons. The van der Waals surface area contributed by atoms with Crippen molar-refractivity contribution in [1.82, 2.24) is 44.9 Å². The highest BCUT2D eigenvalue weighted by Crippen LogP contribution is 2.54. The van der Waals surface area contributed by atoms with E-state index in [2.05, 4.69) is 85.8 Å². The number of rotatable bonds is 11. The van der Waals surface area contributed by atoms with Gasteiger partial charge in [-0.05, 0) is 98.2 Å². The van der Waals surface area contributed by atoms with Crippen LogP contribution in [0.5, 0.6) is 11.5 Å². The molecule has 4 aliphatic heterocycles. The largest absolute Gasteiger partial charge is 0.493 e. The zero-order chi connectivity index (χ0) is 48.5. The second kappa shape index (κ2) is 17.9. The first-order valence-electron chi connectivity index (χ1n) is 24.5. The molecular formula is C53H59N9O8. The standard InChI is InChI=1S/C53H59N9O8/c1-27(2)45(58-52(65)67-5)49(63)60-17-7-10-39(60)47-54-26-37(56-47)31-13-15-35-41-21-33-19-30(14-16-38(33)62(41)51(70-44(35)23-31)32-12-11-29-9-8-18-69-43(29)24-32)36-25-55-48(57-36)42-22-34-20-40(34)61(42)50(64)46(28(3)4)59-53(66)68-6/h11-16,19,21,23-28,34,39-40,42,45-46,51H,7-10,17-18,20,22H2,1-6H3,(H,54,56)(H,55,57)(H,58,65)(H,59,66)/t34-,39+,40-,42+,45+,46+,51?/m1/s1. The minimum atomic E-state index is -0.727. The number of benzene rings is 3. The van der Waals surface area contributed by atoms with Gasteiger partial charge in [0.2, 0.25) is 18.0 Å². The van der Waals surface area contributed by atoms with Crippen molar-refractivity contribution in [2.75, 3.05) is 27.4 Å². The second-order valence-corrected chi connectivity index (χ2v) is 20.0. The topological polar surface area (TPSA) is 198 Å². The number of amides is 4. The summed E-state index contributed by atoms with van der Waals surface area (Å²) >= 11 is 0. The van der Waals surface area contributed by atoms with E-state index in [-0.39, 0.29) is 41.8 Å². The van der Waals surface area contributed by atoms with Crippen molar-refractivity contribution in [3.63, 3.8) is 0 Å². The van der Waals surface area contributed by atoms with Crippen molar-refractivity contribution in [2.24, 2.45) is 17.8 Å². The molecule has 7 atom stereocenters. The monoisotopic (exact) mass is 949 g/mol. The average Bonchev–Trinajstić information content (AvgIpc) is 4.04. The number of nitrogens with zero attached hydrogens (tertiary/aromatic N) is 5. The minimum absolute atomic E-state index is 0.116. The number of piperidine rings is 1. The number of aryl methyl sites for hydroxylation is 1. The fraction of sp³-hybridized carbons (Fsp3) is 0.434. The number of imidazole rings is 2. The van der Waals surface area contributed by atoms with E-state index in [1.807, 2.05) is 43.7 Å². The zero-order valence-electron chi connectivity index (χ0n) is 40.3. The fourth-order valence-corrected chi connectivity index (χ4v) is 11.1. The third-order valence-electron chi connectivity index (χ3n) is 14.9. The molecule has 4 amide bonds. The van der Waals surface area contributed by atoms with Gasteiger partial charge in [0, 0.05) is 40.2 Å². The Morgan fingerprint density at radius 1 is 0.757 bits per heavy atom. The number of hydrogen-bond acceptors (Lipinski definition) is 10. The third-order valence-corrected chi connectivity index (χ3v) is 14.9. The van der Waals surface area contributed by atoms with Crippen molar-refractivity contribution in [3.8, 4) is 45.3 Å². The van der Waals surface area contributed by atoms with Crippen molar-refractivity contribution in [2.45, 2.75) is 103 Å². The lowest BCUT2D eigenvalue weighted by Crippen LogP contribution is -2.52. The summed E-state index contributed by atoms with van der Waals surface area (Å²) in [6, 6.07) is 19.4. The summed E-state index contributed by atoms with van der Waals surface area (Å²) in [5.41, 5.74) is 8.55. The predicted octanol–water partition coefficient (Wildman–Crippen LogP) is 8.44. The van der Waals surface area contributed by atoms with E-state index in [0.29, 0.717) is 30.6 Å². The second-order valence-electron chi connectivity index (χ2n) is 20.0. The molecule has 2 saturated heterocycles. The first kappa shape index (κ1) is 45.2. The molecule has 17 heteroatoms. The van der Waals surface area contributed by atoms with Gasteiger partial charge in [-0.2, -0.15) is 0 Å². The van der Waals surface area contributed by atoms with Crippen LogP contribution in [0.1, 0.15) is 101 Å². The lowest BCUT2D eigenvalue weighted by atomic mass is 10.0. The summed E-state index contributed by atoms with van der Waals surface area (Å²) < 4.78 is 25.2. The summed E-state index contributed by atoms with van der Waals surface area (Å²) in [7, 11) is 2.60. The number of aromatic nitrogens is 5. The molecule has 1 aliphatic carbocycles. The number of ether oxygens (including phenoxy) is 4. The number of carbonyl (C=O) groups is 4. The van der Waals surface area contributed by atoms with Crippen LogP contribution >= 0.6 is 0 Å². The molecule has 11 rings (SSSR count). The summed E-state index contributed by atoms with van der Waals surface area (Å²) in [5.74, 6) is 2.88. The van der Waals surface area contributed by atoms with Crippen molar-refractivity contribution >= 4 is 34.9 Å². The number of carbonyl (C=O) groups excluding carboxylic acids is 4. The van der Waals surface area contributed by atoms with Gasteiger partial charge in [0.1, 0.15) is 35.2 Å². The average molecular weight is 950 g/mol. The van der Waals surface area contributed by atoms with E-state index in [4.69, 9.17) is 28.9 Å². The van der Waals surface area contributed by atoms with Gasteiger partial charge < -0.3 is 53.9 Å². The number of aromatic amines is 2. The number of fused-ring (bicyclic) bond motifs is 7. The highest BCUT2D eigenvalue weighted by molar-refractivity contribution is 5.93. The predicted molar refractivity (Wildman–Crippen MR) is 260 cm³/mol. The number of likely N-dealkylation sites (tertiary alicyclic amines) is 2. The van der Waals surface area contributed by atoms with Crippen LogP contribution in [0.15, 0.2) is 73.1 Å². The SMILES string of the molecule is COC(=O)N[C@H](C(=O)N1CCC[C@H]1c1ncc(-c2ccc3c(c2)OC(c2ccc4c(c2)OCCC4)n2c-3cc3cc(-c4cnc([C@@H]5C[C@H]6C[C@H]6N5C(=O)[C@@H](NC(=O)OC)C(C)C)[nH]4)ccc32)[nH]1)C(C)C. The van der Waals surface area contributed by atoms with Crippen LogP contribution in [0.2, 0.25) is 0 Å². The Balaban J connectivity index is 0.909. The number of H-pyrrole nitrogens is 2. The smallest absolute Gasteiger partial charge is 0.407 e. The molecule has 6 aromatic rings. The first-order chi connectivity index (χ1) is 33.9. The number of alkyl carbamates (subject to hydrolysis) is 2. The maximum absolute atomic E-state index is 14.1. The molecule has 0 radical (unpaired) electrons. The summed E-state index contributed by atoms with van der Waals surface area (Å²) in [6.07, 6.45) is 7.14. The molecular weight excluding hydrogens is 891 g/mol. The summed E-state index contributed by atoms with van der Waals surface area (Å²) in [4.78, 5) is 72.9. The quantitative estimate of drug-likeness (QED) is 0.0978. The lowest BCUT2D eigenvalue weighted by molar-refractivity contribution is -0.137. The van der Waals surface area contributed by atoms with Crippen LogP contribution in [0.25, 0.3) is 44.7 Å². The Labute approximate surface area is 405 Å². The van der Waals surface area contributed by atoms with E-state index in [1.54, 1.807) is 6.20 Å². The van der Waals surface area contributed by atoms with Gasteiger partial charge in [0.15, 0.2) is 0 Å². The van der Waals surface area contributed by atoms with Gasteiger partial charge in [0.25, 0.3) is 0 Å².